The normalized spacial score (nSPS) is 11.8. The quantitative estimate of drug-likeness (QED) is 0.246. The molecule has 4 rings (SSSR count). The molecular weight excluding hydrogens is 452 g/mol. The van der Waals surface area contributed by atoms with E-state index in [0.29, 0.717) is 0 Å². The molecule has 4 aromatic rings. The maximum absolute atomic E-state index is 3.93. The minimum Gasteiger partial charge on any atom is -0.383 e. The van der Waals surface area contributed by atoms with Gasteiger partial charge in [-0.2, -0.15) is 0 Å². The largest absolute Gasteiger partial charge is 0.383 e. The van der Waals surface area contributed by atoms with Crippen LogP contribution < -0.4 is 20.4 Å². The second kappa shape index (κ2) is 11.9. The molecule has 0 radical (unpaired) electrons. The molecule has 4 nitrogen and oxygen atoms in total. The topological polar surface area (TPSA) is 30.5 Å². The Balaban J connectivity index is 1.77. The van der Waals surface area contributed by atoms with E-state index in [1.165, 1.54) is 45.0 Å². The van der Waals surface area contributed by atoms with Crippen molar-refractivity contribution in [2.45, 2.75) is 25.8 Å². The maximum Gasteiger partial charge on any atom is 0.0543 e. The Morgan fingerprint density at radius 2 is 1.00 bits per heavy atom. The Bertz CT molecular complexity index is 1220. The molecule has 37 heavy (non-hydrogen) atoms. The van der Waals surface area contributed by atoms with E-state index in [2.05, 4.69) is 160 Å². The van der Waals surface area contributed by atoms with Crippen LogP contribution in [0.5, 0.6) is 0 Å². The average molecular weight is 493 g/mol. The van der Waals surface area contributed by atoms with Crippen molar-refractivity contribution in [3.63, 3.8) is 0 Å². The molecule has 0 aliphatic rings. The van der Waals surface area contributed by atoms with Gasteiger partial charge in [-0.15, -0.1) is 0 Å². The predicted molar refractivity (Wildman–Crippen MR) is 162 cm³/mol. The van der Waals surface area contributed by atoms with E-state index in [9.17, 15) is 0 Å². The number of hydrogen-bond acceptors (Lipinski definition) is 4. The molecule has 0 aliphatic heterocycles. The second-order valence-electron chi connectivity index (χ2n) is 10.2. The first kappa shape index (κ1) is 26.2. The Kier molecular flexibility index (Phi) is 8.39. The number of rotatable bonds is 10. The van der Waals surface area contributed by atoms with E-state index in [0.717, 1.165) is 6.54 Å². The van der Waals surface area contributed by atoms with Gasteiger partial charge >= 0.3 is 0 Å². The fourth-order valence-electron chi connectivity index (χ4n) is 4.79. The predicted octanol–water partition coefficient (Wildman–Crippen LogP) is 7.16. The van der Waals surface area contributed by atoms with Crippen LogP contribution in [0.25, 0.3) is 0 Å². The van der Waals surface area contributed by atoms with Crippen LogP contribution in [0, 0.1) is 13.8 Å². The standard InChI is InChI=1S/C33H40N4/c1-24-11-7-9-13-30(24)34-23-32(35-31-14-10-8-12-25(31)2)33(26-15-19-28(20-16-26)36(3)4)27-17-21-29(22-18-27)37(5)6/h7-22,32-35H,23H2,1-6H3. The van der Waals surface area contributed by atoms with E-state index in [1.807, 2.05) is 0 Å². The monoisotopic (exact) mass is 492 g/mol. The smallest absolute Gasteiger partial charge is 0.0543 e. The van der Waals surface area contributed by atoms with Gasteiger partial charge < -0.3 is 20.4 Å². The minimum atomic E-state index is 0.108. The molecule has 4 heteroatoms. The molecule has 0 aromatic heterocycles. The molecule has 0 fully saturated rings. The number of nitrogens with one attached hydrogen (secondary N) is 2. The van der Waals surface area contributed by atoms with Crippen LogP contribution in [-0.4, -0.2) is 40.8 Å². The van der Waals surface area contributed by atoms with Gasteiger partial charge in [0.25, 0.3) is 0 Å². The molecule has 1 unspecified atom stereocenters. The lowest BCUT2D eigenvalue weighted by atomic mass is 9.84. The number of anilines is 4. The van der Waals surface area contributed by atoms with Crippen molar-refractivity contribution in [2.24, 2.45) is 0 Å². The summed E-state index contributed by atoms with van der Waals surface area (Å²) in [6, 6.07) is 35.1. The van der Waals surface area contributed by atoms with Crippen LogP contribution in [0.4, 0.5) is 22.7 Å². The first-order valence-corrected chi connectivity index (χ1v) is 13.0. The number of aryl methyl sites for hydroxylation is 2. The summed E-state index contributed by atoms with van der Waals surface area (Å²) < 4.78 is 0. The maximum atomic E-state index is 3.93. The third-order valence-electron chi connectivity index (χ3n) is 7.08. The van der Waals surface area contributed by atoms with Crippen LogP contribution in [0.15, 0.2) is 97.1 Å². The van der Waals surface area contributed by atoms with Crippen LogP contribution in [0.2, 0.25) is 0 Å². The zero-order valence-electron chi connectivity index (χ0n) is 23.0. The third kappa shape index (κ3) is 6.45. The lowest BCUT2D eigenvalue weighted by Crippen LogP contribution is -2.35. The van der Waals surface area contributed by atoms with E-state index >= 15 is 0 Å². The van der Waals surface area contributed by atoms with Gasteiger partial charge in [-0.25, -0.2) is 0 Å². The number of benzene rings is 4. The zero-order valence-corrected chi connectivity index (χ0v) is 23.0. The molecule has 192 valence electrons. The van der Waals surface area contributed by atoms with Gasteiger partial charge in [0, 0.05) is 63.4 Å². The zero-order chi connectivity index (χ0) is 26.4. The lowest BCUT2D eigenvalue weighted by Gasteiger charge is -2.32. The second-order valence-corrected chi connectivity index (χ2v) is 10.2. The van der Waals surface area contributed by atoms with Gasteiger partial charge in [-0.3, -0.25) is 0 Å². The Labute approximate surface area is 223 Å². The summed E-state index contributed by atoms with van der Waals surface area (Å²) in [5, 5.41) is 7.68. The van der Waals surface area contributed by atoms with Crippen molar-refractivity contribution in [1.82, 2.24) is 0 Å². The molecule has 2 N–H and O–H groups in total. The number of para-hydroxylation sites is 2. The summed E-state index contributed by atoms with van der Waals surface area (Å²) in [4.78, 5) is 4.29. The van der Waals surface area contributed by atoms with Crippen LogP contribution in [0.3, 0.4) is 0 Å². The lowest BCUT2D eigenvalue weighted by molar-refractivity contribution is 0.656. The van der Waals surface area contributed by atoms with Crippen molar-refractivity contribution in [1.29, 1.82) is 0 Å². The van der Waals surface area contributed by atoms with E-state index in [1.54, 1.807) is 0 Å². The molecule has 0 saturated heterocycles. The highest BCUT2D eigenvalue weighted by Crippen LogP contribution is 2.33. The van der Waals surface area contributed by atoms with Gasteiger partial charge in [0.15, 0.2) is 0 Å². The molecule has 1 atom stereocenters. The van der Waals surface area contributed by atoms with Gasteiger partial charge in [0.2, 0.25) is 0 Å². The van der Waals surface area contributed by atoms with E-state index in [-0.39, 0.29) is 12.0 Å². The van der Waals surface area contributed by atoms with Crippen molar-refractivity contribution >= 4 is 22.7 Å². The Morgan fingerprint density at radius 1 is 0.568 bits per heavy atom. The van der Waals surface area contributed by atoms with Crippen molar-refractivity contribution in [2.75, 3.05) is 55.2 Å². The van der Waals surface area contributed by atoms with Crippen molar-refractivity contribution < 1.29 is 0 Å². The Hall–Kier alpha value is -3.92. The molecule has 0 amide bonds. The summed E-state index contributed by atoms with van der Waals surface area (Å²) >= 11 is 0. The van der Waals surface area contributed by atoms with Crippen LogP contribution in [-0.2, 0) is 0 Å². The van der Waals surface area contributed by atoms with Gasteiger partial charge in [0.1, 0.15) is 0 Å². The van der Waals surface area contributed by atoms with Crippen LogP contribution in [0.1, 0.15) is 28.2 Å². The molecular formula is C33H40N4. The summed E-state index contributed by atoms with van der Waals surface area (Å²) in [7, 11) is 8.34. The highest BCUT2D eigenvalue weighted by atomic mass is 15.1. The third-order valence-corrected chi connectivity index (χ3v) is 7.08. The van der Waals surface area contributed by atoms with Crippen LogP contribution >= 0.6 is 0 Å². The SMILES string of the molecule is Cc1ccccc1NCC(Nc1ccccc1C)C(c1ccc(N(C)C)cc1)c1ccc(N(C)C)cc1. The summed E-state index contributed by atoms with van der Waals surface area (Å²) in [6.45, 7) is 5.10. The Morgan fingerprint density at radius 3 is 1.43 bits per heavy atom. The average Bonchev–Trinajstić information content (AvgIpc) is 2.90. The minimum absolute atomic E-state index is 0.108. The molecule has 0 spiro atoms. The molecule has 0 bridgehead atoms. The van der Waals surface area contributed by atoms with E-state index < -0.39 is 0 Å². The number of nitrogens with zero attached hydrogens (tertiary/aromatic N) is 2. The first-order valence-electron chi connectivity index (χ1n) is 13.0. The van der Waals surface area contributed by atoms with Gasteiger partial charge in [0.05, 0.1) is 6.04 Å². The molecule has 0 saturated carbocycles. The van der Waals surface area contributed by atoms with E-state index in [4.69, 9.17) is 0 Å². The fourth-order valence-corrected chi connectivity index (χ4v) is 4.79. The summed E-state index contributed by atoms with van der Waals surface area (Å²) in [5.41, 5.74) is 9.82. The molecule has 0 aliphatic carbocycles. The summed E-state index contributed by atoms with van der Waals surface area (Å²) in [6.07, 6.45) is 0. The highest BCUT2D eigenvalue weighted by molar-refractivity contribution is 5.56. The van der Waals surface area contributed by atoms with Gasteiger partial charge in [-0.05, 0) is 72.5 Å². The molecule has 0 heterocycles. The first-order chi connectivity index (χ1) is 17.8. The molecule has 4 aromatic carbocycles. The van der Waals surface area contributed by atoms with Crippen molar-refractivity contribution in [3.8, 4) is 0 Å². The van der Waals surface area contributed by atoms with Gasteiger partial charge in [-0.1, -0.05) is 60.7 Å². The fraction of sp³-hybridized carbons (Fsp3) is 0.273. The van der Waals surface area contributed by atoms with Crippen molar-refractivity contribution in [3.05, 3.63) is 119 Å². The highest BCUT2D eigenvalue weighted by Gasteiger charge is 2.26. The summed E-state index contributed by atoms with van der Waals surface area (Å²) in [5.74, 6) is 0.142. The number of hydrogen-bond donors (Lipinski definition) is 2.